The predicted molar refractivity (Wildman–Crippen MR) is 100 cm³/mol. The average Bonchev–Trinajstić information content (AvgIpc) is 3.09. The van der Waals surface area contributed by atoms with Crippen molar-refractivity contribution in [2.75, 3.05) is 13.2 Å². The number of hydrogen-bond donors (Lipinski definition) is 2. The van der Waals surface area contributed by atoms with Crippen molar-refractivity contribution in [3.8, 4) is 17.1 Å². The first-order chi connectivity index (χ1) is 12.7. The summed E-state index contributed by atoms with van der Waals surface area (Å²) in [6, 6.07) is 12.0. The summed E-state index contributed by atoms with van der Waals surface area (Å²) in [5.74, 6) is 0.843. The van der Waals surface area contributed by atoms with E-state index in [-0.39, 0.29) is 11.8 Å². The van der Waals surface area contributed by atoms with Crippen LogP contribution in [0.25, 0.3) is 22.2 Å². The molecule has 1 atom stereocenters. The van der Waals surface area contributed by atoms with Crippen LogP contribution in [0.1, 0.15) is 35.3 Å². The van der Waals surface area contributed by atoms with E-state index < -0.39 is 0 Å². The van der Waals surface area contributed by atoms with Gasteiger partial charge in [0.2, 0.25) is 5.88 Å². The summed E-state index contributed by atoms with van der Waals surface area (Å²) in [5, 5.41) is 4.06. The van der Waals surface area contributed by atoms with Crippen molar-refractivity contribution in [1.82, 2.24) is 15.3 Å². The number of nitrogens with one attached hydrogen (secondary N) is 2. The summed E-state index contributed by atoms with van der Waals surface area (Å²) < 4.78 is 5.84. The Balaban J connectivity index is 1.78. The summed E-state index contributed by atoms with van der Waals surface area (Å²) in [6.07, 6.45) is 2.97. The molecule has 2 aromatic heterocycles. The summed E-state index contributed by atoms with van der Waals surface area (Å²) in [6.45, 7) is 3.25. The minimum absolute atomic E-state index is 0.00954. The predicted octanol–water partition coefficient (Wildman–Crippen LogP) is 3.79. The zero-order chi connectivity index (χ0) is 17.7. The van der Waals surface area contributed by atoms with Gasteiger partial charge in [-0.2, -0.15) is 0 Å². The maximum absolute atomic E-state index is 12.4. The Bertz CT molecular complexity index is 1060. The normalized spacial score (nSPS) is 21.0. The van der Waals surface area contributed by atoms with Gasteiger partial charge >= 0.3 is 0 Å². The molecule has 4 bridgehead atoms. The van der Waals surface area contributed by atoms with Gasteiger partial charge in [-0.05, 0) is 31.6 Å². The minimum Gasteiger partial charge on any atom is -0.473 e. The fourth-order valence-corrected chi connectivity index (χ4v) is 3.88. The smallest absolute Gasteiger partial charge is 0.253 e. The van der Waals surface area contributed by atoms with E-state index in [4.69, 9.17) is 9.72 Å². The van der Waals surface area contributed by atoms with Crippen LogP contribution in [0.4, 0.5) is 0 Å². The molecule has 1 amide bonds. The number of allylic oxidation sites excluding steroid dienone is 1. The molecular weight excluding hydrogens is 326 g/mol. The number of rotatable bonds is 0. The van der Waals surface area contributed by atoms with Crippen molar-refractivity contribution >= 4 is 16.8 Å². The minimum atomic E-state index is -0.00954. The number of nitrogens with zero attached hydrogens (tertiary/aromatic N) is 1. The van der Waals surface area contributed by atoms with E-state index in [2.05, 4.69) is 23.3 Å². The van der Waals surface area contributed by atoms with Gasteiger partial charge in [0.15, 0.2) is 0 Å². The molecular formula is C21H19N3O2. The number of carbonyl (C=O) groups is 1. The highest BCUT2D eigenvalue weighted by Gasteiger charge is 2.28. The fourth-order valence-electron chi connectivity index (χ4n) is 3.88. The van der Waals surface area contributed by atoms with Crippen LogP contribution in [-0.2, 0) is 0 Å². The standard InChI is InChI=1S/C21H19N3O2/c1-12-7-8-26-18-6-5-13-3-2-4-15(19(13)24-18)17-10-16-20(23-17)14(9-12)11-22-21(16)25/h2-7,10,14,23H,8-9,11H2,1H3,(H,22,25)/b12-7+/t14-/m0/s1. The third-order valence-electron chi connectivity index (χ3n) is 5.23. The lowest BCUT2D eigenvalue weighted by Gasteiger charge is -2.23. The van der Waals surface area contributed by atoms with E-state index in [9.17, 15) is 4.79 Å². The molecule has 26 heavy (non-hydrogen) atoms. The third-order valence-corrected chi connectivity index (χ3v) is 5.23. The van der Waals surface area contributed by atoms with E-state index in [0.717, 1.165) is 39.8 Å². The third kappa shape index (κ3) is 2.39. The SMILES string of the molecule is C/C1=C\COc2ccc3cccc(c3n2)-c2cc3c([nH]2)[C@H](CNC3=O)C1. The van der Waals surface area contributed by atoms with Crippen molar-refractivity contribution in [2.24, 2.45) is 0 Å². The average molecular weight is 345 g/mol. The van der Waals surface area contributed by atoms with Crippen LogP contribution in [0.3, 0.4) is 0 Å². The quantitative estimate of drug-likeness (QED) is 0.609. The van der Waals surface area contributed by atoms with Crippen molar-refractivity contribution in [1.29, 1.82) is 0 Å². The highest BCUT2D eigenvalue weighted by Crippen LogP contribution is 2.35. The second-order valence-electron chi connectivity index (χ2n) is 7.01. The first kappa shape index (κ1) is 15.2. The molecule has 130 valence electrons. The Morgan fingerprint density at radius 1 is 1.19 bits per heavy atom. The maximum Gasteiger partial charge on any atom is 0.253 e. The molecule has 0 saturated heterocycles. The lowest BCUT2D eigenvalue weighted by molar-refractivity contribution is 0.0940. The van der Waals surface area contributed by atoms with Gasteiger partial charge in [-0.3, -0.25) is 4.79 Å². The van der Waals surface area contributed by atoms with E-state index in [1.807, 2.05) is 36.4 Å². The molecule has 5 rings (SSSR count). The molecule has 5 heteroatoms. The Morgan fingerprint density at radius 3 is 3.04 bits per heavy atom. The molecule has 0 saturated carbocycles. The Hall–Kier alpha value is -3.08. The maximum atomic E-state index is 12.4. The van der Waals surface area contributed by atoms with Crippen LogP contribution in [0.2, 0.25) is 0 Å². The van der Waals surface area contributed by atoms with E-state index in [1.165, 1.54) is 5.57 Å². The number of carbonyl (C=O) groups excluding carboxylic acids is 1. The molecule has 0 radical (unpaired) electrons. The second-order valence-corrected chi connectivity index (χ2v) is 7.01. The van der Waals surface area contributed by atoms with Crippen molar-refractivity contribution in [3.63, 3.8) is 0 Å². The first-order valence-corrected chi connectivity index (χ1v) is 8.89. The lowest BCUT2D eigenvalue weighted by atomic mass is 9.91. The van der Waals surface area contributed by atoms with Crippen LogP contribution in [0, 0.1) is 0 Å². The number of para-hydroxylation sites is 1. The number of aromatic nitrogens is 2. The summed E-state index contributed by atoms with van der Waals surface area (Å²) in [7, 11) is 0. The molecule has 0 unspecified atom stereocenters. The highest BCUT2D eigenvalue weighted by atomic mass is 16.5. The van der Waals surface area contributed by atoms with Crippen LogP contribution >= 0.6 is 0 Å². The van der Waals surface area contributed by atoms with Crippen molar-refractivity contribution < 1.29 is 9.53 Å². The van der Waals surface area contributed by atoms with Crippen molar-refractivity contribution in [3.05, 3.63) is 59.3 Å². The summed E-state index contributed by atoms with van der Waals surface area (Å²) >= 11 is 0. The van der Waals surface area contributed by atoms with E-state index in [0.29, 0.717) is 19.0 Å². The van der Waals surface area contributed by atoms with Gasteiger partial charge in [0, 0.05) is 40.9 Å². The lowest BCUT2D eigenvalue weighted by Crippen LogP contribution is -2.34. The van der Waals surface area contributed by atoms with Crippen LogP contribution in [0.5, 0.6) is 5.88 Å². The Kier molecular flexibility index (Phi) is 3.35. The largest absolute Gasteiger partial charge is 0.473 e. The number of benzene rings is 1. The zero-order valence-corrected chi connectivity index (χ0v) is 14.5. The Labute approximate surface area is 151 Å². The fraction of sp³-hybridized carbons (Fsp3) is 0.238. The van der Waals surface area contributed by atoms with Gasteiger partial charge in [-0.25, -0.2) is 4.98 Å². The van der Waals surface area contributed by atoms with Gasteiger partial charge < -0.3 is 15.0 Å². The number of aromatic amines is 1. The molecule has 5 nitrogen and oxygen atoms in total. The number of H-pyrrole nitrogens is 1. The van der Waals surface area contributed by atoms with Crippen LogP contribution < -0.4 is 10.1 Å². The van der Waals surface area contributed by atoms with Gasteiger partial charge in [-0.15, -0.1) is 0 Å². The van der Waals surface area contributed by atoms with E-state index >= 15 is 0 Å². The molecule has 2 aliphatic rings. The first-order valence-electron chi connectivity index (χ1n) is 8.89. The molecule has 3 aromatic rings. The van der Waals surface area contributed by atoms with E-state index in [1.54, 1.807) is 0 Å². The Morgan fingerprint density at radius 2 is 2.12 bits per heavy atom. The summed E-state index contributed by atoms with van der Waals surface area (Å²) in [4.78, 5) is 20.6. The second kappa shape index (κ2) is 5.73. The van der Waals surface area contributed by atoms with Gasteiger partial charge in [-0.1, -0.05) is 23.8 Å². The monoisotopic (exact) mass is 345 g/mol. The highest BCUT2D eigenvalue weighted by molar-refractivity contribution is 6.00. The number of amides is 1. The van der Waals surface area contributed by atoms with Gasteiger partial charge in [0.05, 0.1) is 11.1 Å². The number of pyridine rings is 1. The topological polar surface area (TPSA) is 67.0 Å². The van der Waals surface area contributed by atoms with Crippen LogP contribution in [-0.4, -0.2) is 29.0 Å². The van der Waals surface area contributed by atoms with Gasteiger partial charge in [0.25, 0.3) is 5.91 Å². The molecule has 4 heterocycles. The zero-order valence-electron chi connectivity index (χ0n) is 14.5. The number of fused-ring (bicyclic) bond motifs is 3. The summed E-state index contributed by atoms with van der Waals surface area (Å²) in [5.41, 5.74) is 5.79. The molecule has 0 aliphatic carbocycles. The molecule has 1 aromatic carbocycles. The molecule has 2 N–H and O–H groups in total. The molecule has 2 aliphatic heterocycles. The number of ether oxygens (including phenoxy) is 1. The number of hydrogen-bond acceptors (Lipinski definition) is 3. The van der Waals surface area contributed by atoms with Gasteiger partial charge in [0.1, 0.15) is 6.61 Å². The van der Waals surface area contributed by atoms with Crippen LogP contribution in [0.15, 0.2) is 48.0 Å². The van der Waals surface area contributed by atoms with Crippen molar-refractivity contribution in [2.45, 2.75) is 19.3 Å². The molecule has 0 fully saturated rings. The molecule has 0 spiro atoms.